The molecule has 0 radical (unpaired) electrons. The summed E-state index contributed by atoms with van der Waals surface area (Å²) < 4.78 is 32.0. The largest absolute Gasteiger partial charge is 0.502 e. The van der Waals surface area contributed by atoms with Gasteiger partial charge in [0.25, 0.3) is 5.88 Å². The number of aromatic hydroxyl groups is 2. The van der Waals surface area contributed by atoms with Crippen molar-refractivity contribution in [2.24, 2.45) is 0 Å². The van der Waals surface area contributed by atoms with Gasteiger partial charge in [-0.25, -0.2) is 13.7 Å². The van der Waals surface area contributed by atoms with Gasteiger partial charge in [0.2, 0.25) is 23.3 Å². The Hall–Kier alpha value is -2.90. The van der Waals surface area contributed by atoms with Gasteiger partial charge in [-0.05, 0) is 18.2 Å². The molecule has 2 amide bonds. The first-order valence-corrected chi connectivity index (χ1v) is 6.26. The van der Waals surface area contributed by atoms with E-state index in [9.17, 15) is 28.6 Å². The summed E-state index contributed by atoms with van der Waals surface area (Å²) in [4.78, 5) is 23.8. The summed E-state index contributed by atoms with van der Waals surface area (Å²) in [5, 5.41) is 19.7. The number of hydrogen-bond acceptors (Lipinski definition) is 5. The summed E-state index contributed by atoms with van der Waals surface area (Å²) >= 11 is 0. The maximum absolute atomic E-state index is 13.7. The maximum atomic E-state index is 13.7. The zero-order valence-corrected chi connectivity index (χ0v) is 11.0. The first-order valence-electron chi connectivity index (χ1n) is 6.26. The average molecular weight is 309 g/mol. The topological polar surface area (TPSA) is 91.0 Å². The molecule has 114 valence electrons. The first-order chi connectivity index (χ1) is 10.4. The molecule has 1 aliphatic heterocycles. The van der Waals surface area contributed by atoms with E-state index in [4.69, 9.17) is 4.42 Å². The molecule has 2 aromatic rings. The monoisotopic (exact) mass is 309 g/mol. The van der Waals surface area contributed by atoms with Crippen LogP contribution in [0.3, 0.4) is 0 Å². The molecule has 8 heteroatoms. The normalized spacial score (nSPS) is 14.9. The van der Waals surface area contributed by atoms with Crippen LogP contribution in [0.4, 0.5) is 14.7 Å². The van der Waals surface area contributed by atoms with E-state index in [0.29, 0.717) is 4.90 Å². The van der Waals surface area contributed by atoms with Crippen molar-refractivity contribution >= 4 is 17.7 Å². The molecule has 0 aliphatic carbocycles. The van der Waals surface area contributed by atoms with Crippen LogP contribution in [-0.4, -0.2) is 22.0 Å². The lowest BCUT2D eigenvalue weighted by atomic mass is 10.1. The van der Waals surface area contributed by atoms with Crippen LogP contribution in [0.2, 0.25) is 0 Å². The highest BCUT2D eigenvalue weighted by Crippen LogP contribution is 2.48. The molecular weight excluding hydrogens is 300 g/mol. The standard InChI is InChI=1S/C14H9F2NO5/c15-6-1-2-8(16)7(5-6)13-11(20)12(21)14(22-13)17-9(18)3-4-10(17)19/h1-2,5,20-21H,3-4H2. The van der Waals surface area contributed by atoms with E-state index < -0.39 is 52.2 Å². The van der Waals surface area contributed by atoms with Crippen molar-refractivity contribution < 1.29 is 33.0 Å². The van der Waals surface area contributed by atoms with E-state index in [1.165, 1.54) is 0 Å². The number of hydrogen-bond donors (Lipinski definition) is 2. The van der Waals surface area contributed by atoms with Crippen LogP contribution in [0.1, 0.15) is 12.8 Å². The number of rotatable bonds is 2. The fourth-order valence-electron chi connectivity index (χ4n) is 2.21. The SMILES string of the molecule is O=C1CCC(=O)N1c1oc(-c2cc(F)ccc2F)c(O)c1O. The zero-order valence-electron chi connectivity index (χ0n) is 11.0. The number of halogens is 2. The number of carbonyl (C=O) groups is 2. The lowest BCUT2D eigenvalue weighted by molar-refractivity contribution is -0.121. The lowest BCUT2D eigenvalue weighted by Crippen LogP contribution is -2.28. The van der Waals surface area contributed by atoms with Crippen molar-refractivity contribution in [3.05, 3.63) is 29.8 Å². The van der Waals surface area contributed by atoms with Crippen molar-refractivity contribution in [3.63, 3.8) is 0 Å². The van der Waals surface area contributed by atoms with Gasteiger partial charge in [0.15, 0.2) is 5.76 Å². The van der Waals surface area contributed by atoms with Crippen LogP contribution in [0.25, 0.3) is 11.3 Å². The lowest BCUT2D eigenvalue weighted by Gasteiger charge is -2.09. The second kappa shape index (κ2) is 4.83. The smallest absolute Gasteiger partial charge is 0.256 e. The molecule has 22 heavy (non-hydrogen) atoms. The summed E-state index contributed by atoms with van der Waals surface area (Å²) in [5.74, 6) is -5.90. The van der Waals surface area contributed by atoms with Crippen LogP contribution in [0.5, 0.6) is 11.5 Å². The molecule has 6 nitrogen and oxygen atoms in total. The number of carbonyl (C=O) groups excluding carboxylic acids is 2. The van der Waals surface area contributed by atoms with Gasteiger partial charge in [-0.2, -0.15) is 0 Å². The summed E-state index contributed by atoms with van der Waals surface area (Å²) in [6.07, 6.45) is -0.132. The predicted molar refractivity (Wildman–Crippen MR) is 69.1 cm³/mol. The summed E-state index contributed by atoms with van der Waals surface area (Å²) in [7, 11) is 0. The van der Waals surface area contributed by atoms with Crippen molar-refractivity contribution in [3.8, 4) is 22.8 Å². The Balaban J connectivity index is 2.16. The summed E-state index contributed by atoms with van der Waals surface area (Å²) in [6.45, 7) is 0. The molecule has 0 unspecified atom stereocenters. The number of amides is 2. The van der Waals surface area contributed by atoms with E-state index in [0.717, 1.165) is 18.2 Å². The second-order valence-electron chi connectivity index (χ2n) is 4.68. The molecule has 0 atom stereocenters. The molecule has 2 N–H and O–H groups in total. The Bertz CT molecular complexity index is 783. The van der Waals surface area contributed by atoms with Gasteiger partial charge in [-0.3, -0.25) is 9.59 Å². The summed E-state index contributed by atoms with van der Waals surface area (Å²) in [6, 6.07) is 2.44. The zero-order chi connectivity index (χ0) is 16.0. The van der Waals surface area contributed by atoms with E-state index in [1.54, 1.807) is 0 Å². The third-order valence-electron chi connectivity index (χ3n) is 3.27. The Morgan fingerprint density at radius 3 is 2.32 bits per heavy atom. The molecule has 1 aromatic carbocycles. The predicted octanol–water partition coefficient (Wildman–Crippen LogP) is 2.29. The summed E-state index contributed by atoms with van der Waals surface area (Å²) in [5.41, 5.74) is -0.446. The van der Waals surface area contributed by atoms with Gasteiger partial charge < -0.3 is 14.6 Å². The van der Waals surface area contributed by atoms with E-state index in [1.807, 2.05) is 0 Å². The third kappa shape index (κ3) is 2.00. The molecular formula is C14H9F2NO5. The number of anilines is 1. The molecule has 0 spiro atoms. The fraction of sp³-hybridized carbons (Fsp3) is 0.143. The van der Waals surface area contributed by atoms with Crippen molar-refractivity contribution in [1.29, 1.82) is 0 Å². The molecule has 1 aliphatic rings. The number of imide groups is 1. The number of furan rings is 1. The van der Waals surface area contributed by atoms with Crippen molar-refractivity contribution in [2.45, 2.75) is 12.8 Å². The van der Waals surface area contributed by atoms with Crippen LogP contribution < -0.4 is 4.90 Å². The average Bonchev–Trinajstić information content (AvgIpc) is 2.95. The van der Waals surface area contributed by atoms with Crippen molar-refractivity contribution in [1.82, 2.24) is 0 Å². The third-order valence-corrected chi connectivity index (χ3v) is 3.27. The molecule has 0 saturated carbocycles. The molecule has 0 bridgehead atoms. The van der Waals surface area contributed by atoms with Gasteiger partial charge in [0.05, 0.1) is 5.56 Å². The van der Waals surface area contributed by atoms with Gasteiger partial charge in [-0.1, -0.05) is 0 Å². The quantitative estimate of drug-likeness (QED) is 0.831. The van der Waals surface area contributed by atoms with Gasteiger partial charge in [0, 0.05) is 12.8 Å². The van der Waals surface area contributed by atoms with Crippen molar-refractivity contribution in [2.75, 3.05) is 4.90 Å². The minimum absolute atomic E-state index is 0.0661. The Labute approximate surface area is 122 Å². The maximum Gasteiger partial charge on any atom is 0.256 e. The van der Waals surface area contributed by atoms with Crippen LogP contribution in [0, 0.1) is 11.6 Å². The van der Waals surface area contributed by atoms with E-state index in [-0.39, 0.29) is 12.8 Å². The molecule has 2 heterocycles. The highest BCUT2D eigenvalue weighted by molar-refractivity contribution is 6.20. The minimum atomic E-state index is -0.906. The Kier molecular flexibility index (Phi) is 3.09. The second-order valence-corrected chi connectivity index (χ2v) is 4.68. The van der Waals surface area contributed by atoms with E-state index in [2.05, 4.69) is 0 Å². The number of nitrogens with zero attached hydrogens (tertiary/aromatic N) is 1. The van der Waals surface area contributed by atoms with Crippen LogP contribution in [-0.2, 0) is 9.59 Å². The molecule has 1 aromatic heterocycles. The van der Waals surface area contributed by atoms with Gasteiger partial charge >= 0.3 is 0 Å². The van der Waals surface area contributed by atoms with Gasteiger partial charge in [-0.15, -0.1) is 0 Å². The van der Waals surface area contributed by atoms with Crippen LogP contribution in [0.15, 0.2) is 22.6 Å². The molecule has 1 saturated heterocycles. The Morgan fingerprint density at radius 2 is 1.68 bits per heavy atom. The minimum Gasteiger partial charge on any atom is -0.502 e. The fourth-order valence-corrected chi connectivity index (χ4v) is 2.21. The highest BCUT2D eigenvalue weighted by Gasteiger charge is 2.37. The van der Waals surface area contributed by atoms with Gasteiger partial charge in [0.1, 0.15) is 11.6 Å². The molecule has 1 fully saturated rings. The number of benzene rings is 1. The van der Waals surface area contributed by atoms with E-state index >= 15 is 0 Å². The Morgan fingerprint density at radius 1 is 1.05 bits per heavy atom. The van der Waals surface area contributed by atoms with Crippen LogP contribution >= 0.6 is 0 Å². The molecule has 3 rings (SSSR count). The first kappa shape index (κ1) is 14.1. The highest BCUT2D eigenvalue weighted by atomic mass is 19.1.